The Morgan fingerprint density at radius 3 is 2.20 bits per heavy atom. The highest BCUT2D eigenvalue weighted by Gasteiger charge is 2.35. The molecule has 25 heavy (non-hydrogen) atoms. The van der Waals surface area contributed by atoms with Gasteiger partial charge in [0, 0.05) is 46.3 Å². The molecule has 0 aromatic carbocycles. The smallest absolute Gasteiger partial charge is 0.243 e. The zero-order valence-corrected chi connectivity index (χ0v) is 17.9. The second kappa shape index (κ2) is 9.02. The van der Waals surface area contributed by atoms with E-state index in [1.165, 1.54) is 0 Å². The monoisotopic (exact) mass is 466 g/mol. The summed E-state index contributed by atoms with van der Waals surface area (Å²) in [5.74, 6) is 0.473. The lowest BCUT2D eigenvalue weighted by Gasteiger charge is -2.43. The van der Waals surface area contributed by atoms with Crippen molar-refractivity contribution < 1.29 is 9.59 Å². The molecule has 0 unspecified atom stereocenters. The quantitative estimate of drug-likeness (QED) is 0.329. The average molecular weight is 466 g/mol. The zero-order valence-electron chi connectivity index (χ0n) is 15.6. The fraction of sp³-hybridized carbons (Fsp3) is 0.812. The number of carbonyl (C=O) groups excluding carboxylic acids is 2. The van der Waals surface area contributed by atoms with Gasteiger partial charge < -0.3 is 20.9 Å². The molecule has 1 saturated heterocycles. The number of amides is 2. The van der Waals surface area contributed by atoms with E-state index in [1.807, 2.05) is 13.8 Å². The van der Waals surface area contributed by atoms with Crippen molar-refractivity contribution >= 4 is 41.8 Å². The van der Waals surface area contributed by atoms with E-state index in [9.17, 15) is 9.59 Å². The molecule has 1 heterocycles. The van der Waals surface area contributed by atoms with Crippen molar-refractivity contribution in [2.45, 2.75) is 38.3 Å². The molecule has 2 fully saturated rings. The molecule has 2 rings (SSSR count). The van der Waals surface area contributed by atoms with Crippen molar-refractivity contribution in [1.29, 1.82) is 0 Å². The normalized spacial score (nSPS) is 19.2. The largest absolute Gasteiger partial charge is 0.368 e. The number of piperazine rings is 1. The Kier molecular flexibility index (Phi) is 7.91. The number of hydrogen-bond acceptors (Lipinski definition) is 4. The van der Waals surface area contributed by atoms with E-state index >= 15 is 0 Å². The van der Waals surface area contributed by atoms with Gasteiger partial charge in [-0.3, -0.25) is 14.5 Å². The number of likely N-dealkylation sites (N-methyl/N-ethyl adjacent to an activating group) is 1. The van der Waals surface area contributed by atoms with Crippen LogP contribution in [-0.2, 0) is 9.59 Å². The summed E-state index contributed by atoms with van der Waals surface area (Å²) in [7, 11) is 3.47. The highest BCUT2D eigenvalue weighted by molar-refractivity contribution is 14.0. The van der Waals surface area contributed by atoms with Crippen molar-refractivity contribution in [3.63, 3.8) is 0 Å². The van der Waals surface area contributed by atoms with E-state index in [0.717, 1.165) is 45.0 Å². The Morgan fingerprint density at radius 2 is 1.76 bits per heavy atom. The van der Waals surface area contributed by atoms with Crippen LogP contribution < -0.4 is 11.1 Å². The molecule has 0 atom stereocenters. The maximum Gasteiger partial charge on any atom is 0.243 e. The highest BCUT2D eigenvalue weighted by atomic mass is 127. The van der Waals surface area contributed by atoms with E-state index in [0.29, 0.717) is 6.04 Å². The molecule has 0 aromatic heterocycles. The first-order chi connectivity index (χ1) is 11.2. The van der Waals surface area contributed by atoms with Gasteiger partial charge in [0.05, 0.1) is 5.54 Å². The second-order valence-electron chi connectivity index (χ2n) is 7.24. The molecule has 9 heteroatoms. The summed E-state index contributed by atoms with van der Waals surface area (Å²) >= 11 is 0. The Hall–Kier alpha value is -1.10. The third-order valence-electron chi connectivity index (χ3n) is 4.75. The van der Waals surface area contributed by atoms with Crippen LogP contribution in [-0.4, -0.2) is 90.9 Å². The van der Waals surface area contributed by atoms with Gasteiger partial charge in [-0.25, -0.2) is 4.99 Å². The molecule has 1 aliphatic heterocycles. The SMILES string of the molecule is CN(C)C(=O)CN=C(NC1CC1)N1CCN(C(C)(C)C(N)=O)CC1.I. The Morgan fingerprint density at radius 1 is 1.20 bits per heavy atom. The molecule has 8 nitrogen and oxygen atoms in total. The van der Waals surface area contributed by atoms with Gasteiger partial charge in [0.2, 0.25) is 11.8 Å². The third kappa shape index (κ3) is 5.98. The summed E-state index contributed by atoms with van der Waals surface area (Å²) in [5, 5.41) is 3.43. The lowest BCUT2D eigenvalue weighted by molar-refractivity contribution is -0.129. The molecule has 2 amide bonds. The number of nitrogens with zero attached hydrogens (tertiary/aromatic N) is 4. The van der Waals surface area contributed by atoms with Crippen LogP contribution in [0.25, 0.3) is 0 Å². The number of hydrogen-bond donors (Lipinski definition) is 2. The number of guanidine groups is 1. The summed E-state index contributed by atoms with van der Waals surface area (Å²) < 4.78 is 0. The minimum Gasteiger partial charge on any atom is -0.368 e. The van der Waals surface area contributed by atoms with Crippen molar-refractivity contribution in [3.05, 3.63) is 0 Å². The van der Waals surface area contributed by atoms with Crippen molar-refractivity contribution in [1.82, 2.24) is 20.0 Å². The Labute approximate surface area is 167 Å². The molecular formula is C16H31IN6O2. The van der Waals surface area contributed by atoms with Gasteiger partial charge in [-0.15, -0.1) is 24.0 Å². The van der Waals surface area contributed by atoms with E-state index in [-0.39, 0.29) is 42.3 Å². The minimum absolute atomic E-state index is 0. The number of carbonyl (C=O) groups is 2. The van der Waals surface area contributed by atoms with Crippen molar-refractivity contribution in [2.75, 3.05) is 46.8 Å². The van der Waals surface area contributed by atoms with Crippen LogP contribution in [0.1, 0.15) is 26.7 Å². The summed E-state index contributed by atoms with van der Waals surface area (Å²) in [6, 6.07) is 0.471. The fourth-order valence-corrected chi connectivity index (χ4v) is 2.56. The van der Waals surface area contributed by atoms with Gasteiger partial charge >= 0.3 is 0 Å². The molecule has 144 valence electrons. The maximum absolute atomic E-state index is 11.8. The molecule has 0 spiro atoms. The van der Waals surface area contributed by atoms with Gasteiger partial charge in [-0.05, 0) is 26.7 Å². The van der Waals surface area contributed by atoms with E-state index < -0.39 is 5.54 Å². The molecule has 2 aliphatic rings. The fourth-order valence-electron chi connectivity index (χ4n) is 2.56. The lowest BCUT2D eigenvalue weighted by Crippen LogP contribution is -2.61. The molecule has 3 N–H and O–H groups in total. The van der Waals surface area contributed by atoms with Crippen molar-refractivity contribution in [3.8, 4) is 0 Å². The van der Waals surface area contributed by atoms with E-state index in [1.54, 1.807) is 19.0 Å². The van der Waals surface area contributed by atoms with E-state index in [4.69, 9.17) is 5.73 Å². The predicted octanol–water partition coefficient (Wildman–Crippen LogP) is -0.318. The number of nitrogens with one attached hydrogen (secondary N) is 1. The van der Waals surface area contributed by atoms with Gasteiger partial charge in [-0.2, -0.15) is 0 Å². The molecule has 1 saturated carbocycles. The first-order valence-electron chi connectivity index (χ1n) is 8.53. The van der Waals surface area contributed by atoms with Crippen LogP contribution in [0.2, 0.25) is 0 Å². The summed E-state index contributed by atoms with van der Waals surface area (Å²) in [5.41, 5.74) is 4.86. The van der Waals surface area contributed by atoms with Crippen molar-refractivity contribution in [2.24, 2.45) is 10.7 Å². The number of primary amides is 1. The number of aliphatic imine (C=N–C) groups is 1. The van der Waals surface area contributed by atoms with Gasteiger partial charge in [0.25, 0.3) is 0 Å². The zero-order chi connectivity index (χ0) is 17.9. The van der Waals surface area contributed by atoms with Crippen LogP contribution in [0.4, 0.5) is 0 Å². The predicted molar refractivity (Wildman–Crippen MR) is 109 cm³/mol. The van der Waals surface area contributed by atoms with Crippen LogP contribution in [0.3, 0.4) is 0 Å². The van der Waals surface area contributed by atoms with Crippen LogP contribution >= 0.6 is 24.0 Å². The number of rotatable bonds is 5. The average Bonchev–Trinajstić information content (AvgIpc) is 3.35. The lowest BCUT2D eigenvalue weighted by atomic mass is 10.0. The maximum atomic E-state index is 11.8. The first-order valence-corrected chi connectivity index (χ1v) is 8.53. The van der Waals surface area contributed by atoms with Crippen LogP contribution in [0.5, 0.6) is 0 Å². The number of halogens is 1. The topological polar surface area (TPSA) is 94.3 Å². The van der Waals surface area contributed by atoms with E-state index in [2.05, 4.69) is 20.1 Å². The van der Waals surface area contributed by atoms with Crippen LogP contribution in [0, 0.1) is 0 Å². The highest BCUT2D eigenvalue weighted by Crippen LogP contribution is 2.20. The minimum atomic E-state index is -0.645. The summed E-state index contributed by atoms with van der Waals surface area (Å²) in [6.45, 7) is 6.86. The Bertz CT molecular complexity index is 511. The molecule has 0 aromatic rings. The third-order valence-corrected chi connectivity index (χ3v) is 4.75. The van der Waals surface area contributed by atoms with Gasteiger partial charge in [0.1, 0.15) is 6.54 Å². The molecule has 0 bridgehead atoms. The van der Waals surface area contributed by atoms with Crippen LogP contribution in [0.15, 0.2) is 4.99 Å². The summed E-state index contributed by atoms with van der Waals surface area (Å²) in [4.78, 5) is 33.7. The first kappa shape index (κ1) is 21.9. The molecular weight excluding hydrogens is 435 g/mol. The second-order valence-corrected chi connectivity index (χ2v) is 7.24. The molecule has 0 radical (unpaired) electrons. The van der Waals surface area contributed by atoms with Gasteiger partial charge in [-0.1, -0.05) is 0 Å². The number of nitrogens with two attached hydrogens (primary N) is 1. The Balaban J connectivity index is 0.00000312. The van der Waals surface area contributed by atoms with Gasteiger partial charge in [0.15, 0.2) is 5.96 Å². The summed E-state index contributed by atoms with van der Waals surface area (Å²) in [6.07, 6.45) is 2.30. The molecule has 1 aliphatic carbocycles. The standard InChI is InChI=1S/C16H30N6O2.HI/c1-16(2,14(17)24)22-9-7-21(8-10-22)15(19-12-5-6-12)18-11-13(23)20(3)4;/h12H,5-11H2,1-4H3,(H2,17,24)(H,18,19);1H.